The summed E-state index contributed by atoms with van der Waals surface area (Å²) in [5, 5.41) is 9.60. The van der Waals surface area contributed by atoms with Crippen LogP contribution in [0.4, 0.5) is 0 Å². The van der Waals surface area contributed by atoms with E-state index in [-0.39, 0.29) is 16.6 Å². The van der Waals surface area contributed by atoms with E-state index >= 15 is 0 Å². The van der Waals surface area contributed by atoms with Crippen LogP contribution in [-0.4, -0.2) is 18.3 Å². The first-order valence-corrected chi connectivity index (χ1v) is 12.9. The summed E-state index contributed by atoms with van der Waals surface area (Å²) in [6, 6.07) is 24.1. The van der Waals surface area contributed by atoms with Gasteiger partial charge in [-0.15, -0.1) is 0 Å². The predicted octanol–water partition coefficient (Wildman–Crippen LogP) is 6.76. The predicted molar refractivity (Wildman–Crippen MR) is 142 cm³/mol. The van der Waals surface area contributed by atoms with E-state index in [4.69, 9.17) is 9.31 Å². The number of hydrogen-bond donors (Lipinski definition) is 0. The van der Waals surface area contributed by atoms with Gasteiger partial charge in [0.1, 0.15) is 0 Å². The normalized spacial score (nSPS) is 20.9. The van der Waals surface area contributed by atoms with Gasteiger partial charge in [0.05, 0.1) is 22.8 Å². The Balaban J connectivity index is 1.48. The van der Waals surface area contributed by atoms with E-state index in [9.17, 15) is 5.26 Å². The number of benzene rings is 3. The Kier molecular flexibility index (Phi) is 5.05. The molecule has 0 aromatic heterocycles. The zero-order valence-electron chi connectivity index (χ0n) is 21.2. The SMILES string of the molecule is CC1(C)OB(c2ccccc2-c2ccc3c(c2)-c2ccc(C#N)cc2C32CCCCC2)OC1(C)C. The summed E-state index contributed by atoms with van der Waals surface area (Å²) in [4.78, 5) is 0. The first-order chi connectivity index (χ1) is 16.8. The smallest absolute Gasteiger partial charge is 0.399 e. The lowest BCUT2D eigenvalue weighted by atomic mass is 9.67. The molecule has 1 spiro atoms. The summed E-state index contributed by atoms with van der Waals surface area (Å²) in [6.07, 6.45) is 6.09. The first kappa shape index (κ1) is 22.6. The Labute approximate surface area is 209 Å². The van der Waals surface area contributed by atoms with Crippen molar-refractivity contribution in [1.82, 2.24) is 0 Å². The van der Waals surface area contributed by atoms with Crippen molar-refractivity contribution in [3.05, 3.63) is 77.4 Å². The highest BCUT2D eigenvalue weighted by molar-refractivity contribution is 6.63. The molecule has 4 heteroatoms. The van der Waals surface area contributed by atoms with Gasteiger partial charge in [-0.25, -0.2) is 0 Å². The van der Waals surface area contributed by atoms with E-state index in [1.807, 2.05) is 6.07 Å². The van der Waals surface area contributed by atoms with Crippen LogP contribution in [0.25, 0.3) is 22.3 Å². The Bertz CT molecular complexity index is 1340. The molecule has 6 rings (SSSR count). The van der Waals surface area contributed by atoms with Gasteiger partial charge in [0.15, 0.2) is 0 Å². The van der Waals surface area contributed by atoms with E-state index < -0.39 is 7.12 Å². The lowest BCUT2D eigenvalue weighted by Gasteiger charge is -2.36. The van der Waals surface area contributed by atoms with Gasteiger partial charge in [0, 0.05) is 5.41 Å². The number of hydrogen-bond acceptors (Lipinski definition) is 3. The summed E-state index contributed by atoms with van der Waals surface area (Å²) in [7, 11) is -0.403. The number of nitriles is 1. The van der Waals surface area contributed by atoms with Crippen LogP contribution in [0.2, 0.25) is 0 Å². The molecule has 2 aliphatic carbocycles. The molecular formula is C31H32BNO2. The van der Waals surface area contributed by atoms with Crippen molar-refractivity contribution in [3.63, 3.8) is 0 Å². The van der Waals surface area contributed by atoms with Crippen molar-refractivity contribution < 1.29 is 9.31 Å². The van der Waals surface area contributed by atoms with Crippen molar-refractivity contribution in [2.45, 2.75) is 76.4 Å². The molecule has 3 nitrogen and oxygen atoms in total. The lowest BCUT2D eigenvalue weighted by Crippen LogP contribution is -2.41. The molecule has 3 aromatic carbocycles. The van der Waals surface area contributed by atoms with Crippen molar-refractivity contribution in [2.24, 2.45) is 0 Å². The molecule has 0 bridgehead atoms. The van der Waals surface area contributed by atoms with Gasteiger partial charge in [-0.05, 0) is 97.6 Å². The van der Waals surface area contributed by atoms with E-state index in [1.54, 1.807) is 0 Å². The summed E-state index contributed by atoms with van der Waals surface area (Å²) in [5.41, 5.74) is 8.81. The quantitative estimate of drug-likeness (QED) is 0.396. The van der Waals surface area contributed by atoms with Crippen LogP contribution in [0.1, 0.15) is 76.5 Å². The van der Waals surface area contributed by atoms with Crippen LogP contribution in [0.5, 0.6) is 0 Å². The van der Waals surface area contributed by atoms with Gasteiger partial charge >= 0.3 is 7.12 Å². The Hall–Kier alpha value is -2.87. The highest BCUT2D eigenvalue weighted by atomic mass is 16.7. The fraction of sp³-hybridized carbons (Fsp3) is 0.387. The molecule has 35 heavy (non-hydrogen) atoms. The fourth-order valence-electron chi connectivity index (χ4n) is 6.37. The van der Waals surface area contributed by atoms with Gasteiger partial charge in [-0.3, -0.25) is 0 Å². The molecule has 3 aromatic rings. The molecular weight excluding hydrogens is 429 g/mol. The van der Waals surface area contributed by atoms with Gasteiger partial charge in [-0.1, -0.05) is 61.7 Å². The standard InChI is InChI=1S/C31H32BNO2/c1-29(2)30(3,4)35-32(34-29)28-11-7-6-10-23(28)22-13-15-26-25(19-22)24-14-12-21(20-33)18-27(24)31(26)16-8-5-9-17-31/h6-7,10-15,18-19H,5,8-9,16-17H2,1-4H3. The Morgan fingerprint density at radius 2 is 1.46 bits per heavy atom. The molecule has 0 atom stereocenters. The maximum atomic E-state index is 9.60. The van der Waals surface area contributed by atoms with Gasteiger partial charge < -0.3 is 9.31 Å². The number of fused-ring (bicyclic) bond motifs is 5. The molecule has 176 valence electrons. The van der Waals surface area contributed by atoms with E-state index in [2.05, 4.69) is 88.4 Å². The summed E-state index contributed by atoms with van der Waals surface area (Å²) < 4.78 is 12.8. The van der Waals surface area contributed by atoms with E-state index in [1.165, 1.54) is 47.1 Å². The van der Waals surface area contributed by atoms with Gasteiger partial charge in [0.2, 0.25) is 0 Å². The maximum absolute atomic E-state index is 9.60. The first-order valence-electron chi connectivity index (χ1n) is 12.9. The molecule has 1 aliphatic heterocycles. The minimum absolute atomic E-state index is 0.0412. The van der Waals surface area contributed by atoms with Crippen molar-refractivity contribution >= 4 is 12.6 Å². The minimum Gasteiger partial charge on any atom is -0.399 e. The average Bonchev–Trinajstić information content (AvgIpc) is 3.25. The molecule has 1 saturated carbocycles. The fourth-order valence-corrected chi connectivity index (χ4v) is 6.37. The molecule has 1 saturated heterocycles. The van der Waals surface area contributed by atoms with Crippen LogP contribution in [0.3, 0.4) is 0 Å². The monoisotopic (exact) mass is 461 g/mol. The van der Waals surface area contributed by atoms with Crippen molar-refractivity contribution in [3.8, 4) is 28.3 Å². The summed E-state index contributed by atoms with van der Waals surface area (Å²) in [5.74, 6) is 0. The Morgan fingerprint density at radius 1 is 0.743 bits per heavy atom. The topological polar surface area (TPSA) is 42.2 Å². The molecule has 0 N–H and O–H groups in total. The third-order valence-electron chi connectivity index (χ3n) is 8.98. The molecule has 0 unspecified atom stereocenters. The van der Waals surface area contributed by atoms with Crippen molar-refractivity contribution in [1.29, 1.82) is 5.26 Å². The molecule has 2 fully saturated rings. The highest BCUT2D eigenvalue weighted by Gasteiger charge is 2.52. The third kappa shape index (κ3) is 3.33. The third-order valence-corrected chi connectivity index (χ3v) is 8.98. The second-order valence-corrected chi connectivity index (χ2v) is 11.5. The second kappa shape index (κ2) is 7.82. The van der Waals surface area contributed by atoms with Gasteiger partial charge in [0.25, 0.3) is 0 Å². The number of nitrogens with zero attached hydrogens (tertiary/aromatic N) is 1. The van der Waals surface area contributed by atoms with E-state index in [0.29, 0.717) is 0 Å². The molecule has 3 aliphatic rings. The van der Waals surface area contributed by atoms with Crippen LogP contribution in [-0.2, 0) is 14.7 Å². The summed E-state index contributed by atoms with van der Waals surface area (Å²) in [6.45, 7) is 8.39. The summed E-state index contributed by atoms with van der Waals surface area (Å²) >= 11 is 0. The van der Waals surface area contributed by atoms with Crippen LogP contribution >= 0.6 is 0 Å². The zero-order valence-corrected chi connectivity index (χ0v) is 21.2. The minimum atomic E-state index is -0.403. The zero-order chi connectivity index (χ0) is 24.4. The van der Waals surface area contributed by atoms with Crippen molar-refractivity contribution in [2.75, 3.05) is 0 Å². The van der Waals surface area contributed by atoms with Gasteiger partial charge in [-0.2, -0.15) is 5.26 Å². The molecule has 0 amide bonds. The molecule has 1 heterocycles. The Morgan fingerprint density at radius 3 is 2.17 bits per heavy atom. The highest BCUT2D eigenvalue weighted by Crippen LogP contribution is 2.56. The maximum Gasteiger partial charge on any atom is 0.495 e. The van der Waals surface area contributed by atoms with Crippen LogP contribution in [0.15, 0.2) is 60.7 Å². The average molecular weight is 461 g/mol. The largest absolute Gasteiger partial charge is 0.495 e. The second-order valence-electron chi connectivity index (χ2n) is 11.5. The number of rotatable bonds is 2. The van der Waals surface area contributed by atoms with Crippen LogP contribution in [0, 0.1) is 11.3 Å². The molecule has 0 radical (unpaired) electrons. The lowest BCUT2D eigenvalue weighted by molar-refractivity contribution is 0.00578. The van der Waals surface area contributed by atoms with Crippen LogP contribution < -0.4 is 5.46 Å². The van der Waals surface area contributed by atoms with E-state index in [0.717, 1.165) is 29.4 Å².